The summed E-state index contributed by atoms with van der Waals surface area (Å²) in [4.78, 5) is 30.4. The Kier molecular flexibility index (Phi) is 8.02. The number of rotatable bonds is 10. The summed E-state index contributed by atoms with van der Waals surface area (Å²) in [5.41, 5.74) is 1.41. The van der Waals surface area contributed by atoms with E-state index in [4.69, 9.17) is 4.52 Å². The van der Waals surface area contributed by atoms with Gasteiger partial charge < -0.3 is 14.7 Å². The molecule has 0 radical (unpaired) electrons. The summed E-state index contributed by atoms with van der Waals surface area (Å²) in [6, 6.07) is 11.6. The molecule has 3 aromatic rings. The van der Waals surface area contributed by atoms with Crippen LogP contribution in [0.5, 0.6) is 0 Å². The zero-order chi connectivity index (χ0) is 22.9. The van der Waals surface area contributed by atoms with E-state index in [1.807, 2.05) is 0 Å². The molecule has 2 aromatic carbocycles. The van der Waals surface area contributed by atoms with Crippen molar-refractivity contribution in [2.45, 2.75) is 32.7 Å². The first-order valence-electron chi connectivity index (χ1n) is 10.3. The molecule has 2 amide bonds. The van der Waals surface area contributed by atoms with Crippen LogP contribution in [0.15, 0.2) is 53.1 Å². The molecule has 1 N–H and O–H groups in total. The first kappa shape index (κ1) is 23.1. The quantitative estimate of drug-likeness (QED) is 0.519. The Balaban J connectivity index is 1.42. The molecule has 0 aliphatic carbocycles. The lowest BCUT2D eigenvalue weighted by Crippen LogP contribution is -2.40. The van der Waals surface area contributed by atoms with Gasteiger partial charge in [0.05, 0.1) is 6.54 Å². The Hall–Kier alpha value is -3.62. The van der Waals surface area contributed by atoms with E-state index in [1.165, 1.54) is 29.2 Å². The van der Waals surface area contributed by atoms with E-state index in [2.05, 4.69) is 15.5 Å². The summed E-state index contributed by atoms with van der Waals surface area (Å²) in [6.07, 6.45) is 1.12. The Bertz CT molecular complexity index is 1040. The zero-order valence-corrected chi connectivity index (χ0v) is 17.7. The van der Waals surface area contributed by atoms with Crippen LogP contribution in [0.25, 0.3) is 11.4 Å². The third-order valence-electron chi connectivity index (χ3n) is 4.82. The topological polar surface area (TPSA) is 88.3 Å². The van der Waals surface area contributed by atoms with Gasteiger partial charge >= 0.3 is 0 Å². The predicted octanol–water partition coefficient (Wildman–Crippen LogP) is 3.50. The van der Waals surface area contributed by atoms with E-state index in [0.717, 1.165) is 5.56 Å². The molecule has 32 heavy (non-hydrogen) atoms. The molecule has 7 nitrogen and oxygen atoms in total. The third kappa shape index (κ3) is 6.69. The van der Waals surface area contributed by atoms with Crippen molar-refractivity contribution in [1.29, 1.82) is 0 Å². The molecule has 9 heteroatoms. The largest absolute Gasteiger partial charge is 0.350 e. The molecule has 0 spiro atoms. The lowest BCUT2D eigenvalue weighted by atomic mass is 10.2. The second-order valence-corrected chi connectivity index (χ2v) is 7.18. The summed E-state index contributed by atoms with van der Waals surface area (Å²) in [5, 5.41) is 6.61. The van der Waals surface area contributed by atoms with Gasteiger partial charge in [0.1, 0.15) is 11.6 Å². The number of halogens is 2. The Morgan fingerprint density at radius 2 is 1.69 bits per heavy atom. The van der Waals surface area contributed by atoms with Crippen LogP contribution in [0.2, 0.25) is 0 Å². The fourth-order valence-corrected chi connectivity index (χ4v) is 3.03. The minimum atomic E-state index is -0.347. The number of likely N-dealkylation sites (N-methyl/N-ethyl adjacent to an activating group) is 1. The third-order valence-corrected chi connectivity index (χ3v) is 4.82. The molecule has 3 rings (SSSR count). The Morgan fingerprint density at radius 1 is 1.03 bits per heavy atom. The number of carbonyl (C=O) groups excluding carboxylic acids is 2. The summed E-state index contributed by atoms with van der Waals surface area (Å²) in [7, 11) is 0. The van der Waals surface area contributed by atoms with E-state index >= 15 is 0 Å². The minimum Gasteiger partial charge on any atom is -0.350 e. The van der Waals surface area contributed by atoms with Crippen molar-refractivity contribution < 1.29 is 22.9 Å². The molecule has 1 heterocycles. The lowest BCUT2D eigenvalue weighted by Gasteiger charge is -2.20. The highest BCUT2D eigenvalue weighted by Gasteiger charge is 2.16. The molecule has 0 saturated carbocycles. The van der Waals surface area contributed by atoms with Crippen molar-refractivity contribution in [2.75, 3.05) is 13.1 Å². The number of hydrogen-bond donors (Lipinski definition) is 1. The monoisotopic (exact) mass is 442 g/mol. The molecule has 0 atom stereocenters. The zero-order valence-electron chi connectivity index (χ0n) is 17.7. The van der Waals surface area contributed by atoms with Gasteiger partial charge in [-0.2, -0.15) is 4.98 Å². The van der Waals surface area contributed by atoms with Gasteiger partial charge in [-0.25, -0.2) is 8.78 Å². The smallest absolute Gasteiger partial charge is 0.239 e. The van der Waals surface area contributed by atoms with Gasteiger partial charge in [0, 0.05) is 31.5 Å². The second kappa shape index (κ2) is 11.1. The van der Waals surface area contributed by atoms with Gasteiger partial charge in [0.25, 0.3) is 0 Å². The fourth-order valence-electron chi connectivity index (χ4n) is 3.03. The first-order chi connectivity index (χ1) is 15.4. The lowest BCUT2D eigenvalue weighted by molar-refractivity contribution is -0.136. The Labute approximate surface area is 184 Å². The highest BCUT2D eigenvalue weighted by Crippen LogP contribution is 2.17. The molecule has 0 bridgehead atoms. The van der Waals surface area contributed by atoms with Crippen molar-refractivity contribution >= 4 is 11.8 Å². The standard InChI is InChI=1S/C23H24F2N4O3/c1-2-29(15-20(30)26-14-16-6-10-18(24)11-7-16)22(31)5-3-4-21-27-23(28-32-21)17-8-12-19(25)13-9-17/h6-13H,2-5,14-15H2,1H3,(H,26,30). The molecule has 0 aliphatic rings. The number of benzene rings is 2. The van der Waals surface area contributed by atoms with E-state index in [9.17, 15) is 18.4 Å². The maximum absolute atomic E-state index is 13.0. The van der Waals surface area contributed by atoms with Crippen LogP contribution >= 0.6 is 0 Å². The van der Waals surface area contributed by atoms with Crippen LogP contribution in [0.1, 0.15) is 31.2 Å². The Morgan fingerprint density at radius 3 is 2.34 bits per heavy atom. The molecule has 0 saturated heterocycles. The van der Waals surface area contributed by atoms with Crippen LogP contribution in [0.4, 0.5) is 8.78 Å². The highest BCUT2D eigenvalue weighted by molar-refractivity contribution is 5.84. The maximum atomic E-state index is 13.0. The van der Waals surface area contributed by atoms with Crippen LogP contribution in [-0.2, 0) is 22.6 Å². The van der Waals surface area contributed by atoms with E-state index in [-0.39, 0.29) is 43.0 Å². The van der Waals surface area contributed by atoms with Gasteiger partial charge in [-0.3, -0.25) is 9.59 Å². The van der Waals surface area contributed by atoms with Crippen LogP contribution in [0, 0.1) is 11.6 Å². The van der Waals surface area contributed by atoms with Gasteiger partial charge in [0.15, 0.2) is 0 Å². The van der Waals surface area contributed by atoms with Crippen molar-refractivity contribution in [3.63, 3.8) is 0 Å². The highest BCUT2D eigenvalue weighted by atomic mass is 19.1. The maximum Gasteiger partial charge on any atom is 0.239 e. The normalized spacial score (nSPS) is 10.7. The summed E-state index contributed by atoms with van der Waals surface area (Å²) in [6.45, 7) is 2.42. The SMILES string of the molecule is CCN(CC(=O)NCc1ccc(F)cc1)C(=O)CCCc1nc(-c2ccc(F)cc2)no1. The number of aryl methyl sites for hydroxylation is 1. The minimum absolute atomic E-state index is 0.0498. The van der Waals surface area contributed by atoms with Crippen molar-refractivity contribution in [2.24, 2.45) is 0 Å². The number of nitrogens with one attached hydrogen (secondary N) is 1. The average Bonchev–Trinajstić information content (AvgIpc) is 3.26. The van der Waals surface area contributed by atoms with Gasteiger partial charge in [-0.15, -0.1) is 0 Å². The van der Waals surface area contributed by atoms with Crippen LogP contribution in [0.3, 0.4) is 0 Å². The number of amides is 2. The number of hydrogen-bond acceptors (Lipinski definition) is 5. The van der Waals surface area contributed by atoms with Gasteiger partial charge in [-0.05, 0) is 55.3 Å². The van der Waals surface area contributed by atoms with E-state index in [0.29, 0.717) is 36.7 Å². The van der Waals surface area contributed by atoms with E-state index in [1.54, 1.807) is 31.2 Å². The van der Waals surface area contributed by atoms with Crippen molar-refractivity contribution in [1.82, 2.24) is 20.4 Å². The average molecular weight is 442 g/mol. The summed E-state index contributed by atoms with van der Waals surface area (Å²) < 4.78 is 31.2. The van der Waals surface area contributed by atoms with E-state index < -0.39 is 0 Å². The summed E-state index contributed by atoms with van der Waals surface area (Å²) in [5.74, 6) is -0.375. The molecule has 0 aliphatic heterocycles. The number of aromatic nitrogens is 2. The molecule has 0 fully saturated rings. The van der Waals surface area contributed by atoms with Crippen molar-refractivity contribution in [3.05, 3.63) is 71.6 Å². The molecular weight excluding hydrogens is 418 g/mol. The van der Waals surface area contributed by atoms with Crippen LogP contribution < -0.4 is 5.32 Å². The molecule has 168 valence electrons. The fraction of sp³-hybridized carbons (Fsp3) is 0.304. The van der Waals surface area contributed by atoms with Gasteiger partial charge in [-0.1, -0.05) is 17.3 Å². The van der Waals surface area contributed by atoms with Crippen molar-refractivity contribution in [3.8, 4) is 11.4 Å². The van der Waals surface area contributed by atoms with Gasteiger partial charge in [0.2, 0.25) is 23.5 Å². The molecule has 0 unspecified atom stereocenters. The molecular formula is C23H24F2N4O3. The number of carbonyl (C=O) groups is 2. The van der Waals surface area contributed by atoms with Crippen LogP contribution in [-0.4, -0.2) is 39.9 Å². The second-order valence-electron chi connectivity index (χ2n) is 7.18. The number of nitrogens with zero attached hydrogens (tertiary/aromatic N) is 3. The predicted molar refractivity (Wildman–Crippen MR) is 113 cm³/mol. The molecule has 1 aromatic heterocycles. The summed E-state index contributed by atoms with van der Waals surface area (Å²) >= 11 is 0. The first-order valence-corrected chi connectivity index (χ1v) is 10.3.